The summed E-state index contributed by atoms with van der Waals surface area (Å²) >= 11 is 0. The highest BCUT2D eigenvalue weighted by atomic mass is 16.5. The molecule has 1 aromatic rings. The molecule has 5 heteroatoms. The van der Waals surface area contributed by atoms with Crippen LogP contribution in [-0.2, 0) is 16.0 Å². The van der Waals surface area contributed by atoms with Crippen molar-refractivity contribution in [2.75, 3.05) is 7.11 Å². The molecule has 82 valence electrons. The van der Waals surface area contributed by atoms with E-state index in [9.17, 15) is 9.59 Å². The van der Waals surface area contributed by atoms with Crippen molar-refractivity contribution >= 4 is 11.9 Å². The molecular formula is C10H13NO4. The molecule has 1 aromatic heterocycles. The van der Waals surface area contributed by atoms with Gasteiger partial charge in [-0.1, -0.05) is 0 Å². The monoisotopic (exact) mass is 211 g/mol. The number of nitrogens with one attached hydrogen (secondary N) is 1. The van der Waals surface area contributed by atoms with Gasteiger partial charge in [0.1, 0.15) is 5.69 Å². The van der Waals surface area contributed by atoms with Crippen LogP contribution in [0.4, 0.5) is 0 Å². The van der Waals surface area contributed by atoms with Gasteiger partial charge in [-0.25, -0.2) is 4.79 Å². The van der Waals surface area contributed by atoms with Gasteiger partial charge in [-0.3, -0.25) is 4.79 Å². The van der Waals surface area contributed by atoms with Crippen LogP contribution in [0.2, 0.25) is 0 Å². The summed E-state index contributed by atoms with van der Waals surface area (Å²) < 4.78 is 4.49. The Morgan fingerprint density at radius 2 is 2.20 bits per heavy atom. The Labute approximate surface area is 87.1 Å². The van der Waals surface area contributed by atoms with Gasteiger partial charge in [0.25, 0.3) is 0 Å². The summed E-state index contributed by atoms with van der Waals surface area (Å²) in [5, 5.41) is 8.78. The Kier molecular flexibility index (Phi) is 3.49. The number of aromatic carboxylic acids is 1. The van der Waals surface area contributed by atoms with E-state index in [4.69, 9.17) is 5.11 Å². The maximum absolute atomic E-state index is 10.9. The van der Waals surface area contributed by atoms with E-state index in [2.05, 4.69) is 9.72 Å². The summed E-state index contributed by atoms with van der Waals surface area (Å²) in [4.78, 5) is 24.3. The van der Waals surface area contributed by atoms with Gasteiger partial charge in [0.15, 0.2) is 0 Å². The maximum Gasteiger partial charge on any atom is 0.352 e. The Bertz CT molecular complexity index is 381. The summed E-state index contributed by atoms with van der Waals surface area (Å²) in [7, 11) is 1.32. The lowest BCUT2D eigenvalue weighted by Crippen LogP contribution is -2.03. The molecule has 0 saturated carbocycles. The fraction of sp³-hybridized carbons (Fsp3) is 0.400. The first kappa shape index (κ1) is 11.3. The zero-order valence-electron chi connectivity index (χ0n) is 8.66. The SMILES string of the molecule is COC(=O)CCc1cc(C)c(C(=O)O)[nH]1. The number of hydrogen-bond donors (Lipinski definition) is 2. The van der Waals surface area contributed by atoms with E-state index in [0.29, 0.717) is 12.0 Å². The minimum absolute atomic E-state index is 0.176. The number of aromatic amines is 1. The number of carbonyl (C=O) groups is 2. The Hall–Kier alpha value is -1.78. The number of carbonyl (C=O) groups excluding carboxylic acids is 1. The fourth-order valence-corrected chi connectivity index (χ4v) is 1.32. The molecule has 0 radical (unpaired) electrons. The van der Waals surface area contributed by atoms with Crippen LogP contribution in [-0.4, -0.2) is 29.1 Å². The Morgan fingerprint density at radius 1 is 1.53 bits per heavy atom. The van der Waals surface area contributed by atoms with Gasteiger partial charge in [0, 0.05) is 5.69 Å². The van der Waals surface area contributed by atoms with E-state index in [1.807, 2.05) is 0 Å². The highest BCUT2D eigenvalue weighted by Gasteiger charge is 2.11. The second-order valence-electron chi connectivity index (χ2n) is 3.23. The smallest absolute Gasteiger partial charge is 0.352 e. The molecule has 1 rings (SSSR count). The second-order valence-corrected chi connectivity index (χ2v) is 3.23. The predicted molar refractivity (Wildman–Crippen MR) is 52.8 cm³/mol. The second kappa shape index (κ2) is 4.63. The van der Waals surface area contributed by atoms with Gasteiger partial charge >= 0.3 is 11.9 Å². The number of methoxy groups -OCH3 is 1. The van der Waals surface area contributed by atoms with Crippen LogP contribution < -0.4 is 0 Å². The number of ether oxygens (including phenoxy) is 1. The number of hydrogen-bond acceptors (Lipinski definition) is 3. The molecule has 2 N–H and O–H groups in total. The van der Waals surface area contributed by atoms with Crippen molar-refractivity contribution in [3.63, 3.8) is 0 Å². The molecule has 0 aliphatic carbocycles. The average Bonchev–Trinajstić information content (AvgIpc) is 2.56. The fourth-order valence-electron chi connectivity index (χ4n) is 1.32. The van der Waals surface area contributed by atoms with Crippen LogP contribution in [0.1, 0.15) is 28.2 Å². The quantitative estimate of drug-likeness (QED) is 0.731. The minimum atomic E-state index is -0.989. The van der Waals surface area contributed by atoms with Gasteiger partial charge in [0.2, 0.25) is 0 Å². The first-order chi connectivity index (χ1) is 7.04. The highest BCUT2D eigenvalue weighted by Crippen LogP contribution is 2.11. The normalized spacial score (nSPS) is 10.0. The summed E-state index contributed by atoms with van der Waals surface area (Å²) in [6.45, 7) is 1.71. The Balaban J connectivity index is 2.67. The molecule has 0 saturated heterocycles. The molecule has 1 heterocycles. The van der Waals surface area contributed by atoms with E-state index < -0.39 is 5.97 Å². The third-order valence-electron chi connectivity index (χ3n) is 2.11. The average molecular weight is 211 g/mol. The zero-order chi connectivity index (χ0) is 11.4. The van der Waals surface area contributed by atoms with Crippen molar-refractivity contribution in [1.29, 1.82) is 0 Å². The molecule has 0 fully saturated rings. The first-order valence-electron chi connectivity index (χ1n) is 4.53. The molecule has 5 nitrogen and oxygen atoms in total. The Morgan fingerprint density at radius 3 is 2.67 bits per heavy atom. The van der Waals surface area contributed by atoms with Gasteiger partial charge in [0.05, 0.1) is 13.5 Å². The van der Waals surface area contributed by atoms with Gasteiger partial charge in [-0.05, 0) is 25.0 Å². The first-order valence-corrected chi connectivity index (χ1v) is 4.53. The maximum atomic E-state index is 10.9. The lowest BCUT2D eigenvalue weighted by Gasteiger charge is -1.96. The summed E-state index contributed by atoms with van der Waals surface area (Å²) in [5.74, 6) is -1.30. The van der Waals surface area contributed by atoms with Crippen LogP contribution in [0.5, 0.6) is 0 Å². The van der Waals surface area contributed by atoms with E-state index in [0.717, 1.165) is 5.69 Å². The summed E-state index contributed by atoms with van der Waals surface area (Å²) in [6.07, 6.45) is 0.705. The standard InChI is InChI=1S/C10H13NO4/c1-6-5-7(3-4-8(12)15-2)11-9(6)10(13)14/h5,11H,3-4H2,1-2H3,(H,13,14). The molecule has 15 heavy (non-hydrogen) atoms. The number of carboxylic acids is 1. The van der Waals surface area contributed by atoms with Gasteiger partial charge < -0.3 is 14.8 Å². The lowest BCUT2D eigenvalue weighted by molar-refractivity contribution is -0.140. The number of carboxylic acid groups (broad SMARTS) is 1. The third-order valence-corrected chi connectivity index (χ3v) is 2.11. The van der Waals surface area contributed by atoms with Gasteiger partial charge in [-0.2, -0.15) is 0 Å². The molecule has 0 amide bonds. The molecule has 0 aliphatic heterocycles. The molecule has 0 atom stereocenters. The largest absolute Gasteiger partial charge is 0.477 e. The minimum Gasteiger partial charge on any atom is -0.477 e. The van der Waals surface area contributed by atoms with E-state index >= 15 is 0 Å². The van der Waals surface area contributed by atoms with Crippen LogP contribution in [0, 0.1) is 6.92 Å². The molecular weight excluding hydrogens is 198 g/mol. The third kappa shape index (κ3) is 2.83. The predicted octanol–water partition coefficient (Wildman–Crippen LogP) is 1.13. The van der Waals surface area contributed by atoms with Crippen LogP contribution >= 0.6 is 0 Å². The van der Waals surface area contributed by atoms with Gasteiger partial charge in [-0.15, -0.1) is 0 Å². The molecule has 0 aromatic carbocycles. The van der Waals surface area contributed by atoms with Crippen molar-refractivity contribution in [1.82, 2.24) is 4.98 Å². The molecule has 0 aliphatic rings. The zero-order valence-corrected chi connectivity index (χ0v) is 8.66. The number of rotatable bonds is 4. The number of esters is 1. The van der Waals surface area contributed by atoms with Crippen LogP contribution in [0.25, 0.3) is 0 Å². The molecule has 0 unspecified atom stereocenters. The summed E-state index contributed by atoms with van der Waals surface area (Å²) in [5.41, 5.74) is 1.58. The number of H-pyrrole nitrogens is 1. The molecule has 0 spiro atoms. The van der Waals surface area contributed by atoms with Crippen molar-refractivity contribution in [3.05, 3.63) is 23.0 Å². The van der Waals surface area contributed by atoms with Crippen LogP contribution in [0.3, 0.4) is 0 Å². The summed E-state index contributed by atoms with van der Waals surface area (Å²) in [6, 6.07) is 1.73. The van der Waals surface area contributed by atoms with Crippen molar-refractivity contribution in [2.24, 2.45) is 0 Å². The van der Waals surface area contributed by atoms with Crippen molar-refractivity contribution in [2.45, 2.75) is 19.8 Å². The number of aryl methyl sites for hydroxylation is 2. The highest BCUT2D eigenvalue weighted by molar-refractivity contribution is 5.87. The topological polar surface area (TPSA) is 79.4 Å². The van der Waals surface area contributed by atoms with Crippen molar-refractivity contribution < 1.29 is 19.4 Å². The van der Waals surface area contributed by atoms with E-state index in [1.54, 1.807) is 13.0 Å². The van der Waals surface area contributed by atoms with E-state index in [1.165, 1.54) is 7.11 Å². The van der Waals surface area contributed by atoms with Crippen molar-refractivity contribution in [3.8, 4) is 0 Å². The van der Waals surface area contributed by atoms with Crippen LogP contribution in [0.15, 0.2) is 6.07 Å². The number of aromatic nitrogens is 1. The molecule has 0 bridgehead atoms. The lowest BCUT2D eigenvalue weighted by atomic mass is 10.2. The van der Waals surface area contributed by atoms with E-state index in [-0.39, 0.29) is 18.1 Å².